The molecule has 0 spiro atoms. The zero-order valence-corrected chi connectivity index (χ0v) is 13.1. The van der Waals surface area contributed by atoms with Gasteiger partial charge < -0.3 is 15.2 Å². The first-order valence-electron chi connectivity index (χ1n) is 7.62. The normalized spacial score (nSPS) is 20.9. The molecule has 1 fully saturated rings. The lowest BCUT2D eigenvalue weighted by Crippen LogP contribution is -2.48. The summed E-state index contributed by atoms with van der Waals surface area (Å²) in [6, 6.07) is 5.59. The third-order valence-electron chi connectivity index (χ3n) is 4.10. The van der Waals surface area contributed by atoms with Crippen LogP contribution in [-0.2, 0) is 6.54 Å². The maximum absolute atomic E-state index is 12.5. The average molecular weight is 314 g/mol. The second-order valence-electron chi connectivity index (χ2n) is 5.76. The Morgan fingerprint density at radius 1 is 1.32 bits per heavy atom. The van der Waals surface area contributed by atoms with Crippen molar-refractivity contribution in [3.05, 3.63) is 23.8 Å². The number of ether oxygens (including phenoxy) is 2. The van der Waals surface area contributed by atoms with Gasteiger partial charge in [-0.25, -0.2) is 0 Å². The molecule has 1 aliphatic heterocycles. The quantitative estimate of drug-likeness (QED) is 0.877. The molecule has 1 saturated heterocycles. The van der Waals surface area contributed by atoms with E-state index in [0.717, 1.165) is 24.9 Å². The number of nitrogens with two attached hydrogens (primary N) is 1. The standard InChI is InChI=1S/C16H24F2N2O2/c1-11(19)13-5-3-4-8-20(13)10-12-6-7-14(21-2)15(9-12)22-16(17)18/h6-7,9,11,13,16H,3-5,8,10,19H2,1-2H3. The maximum atomic E-state index is 12.5. The molecule has 0 amide bonds. The van der Waals surface area contributed by atoms with E-state index in [2.05, 4.69) is 9.64 Å². The smallest absolute Gasteiger partial charge is 0.387 e. The van der Waals surface area contributed by atoms with Crippen molar-refractivity contribution >= 4 is 0 Å². The first-order valence-corrected chi connectivity index (χ1v) is 7.62. The molecule has 0 aliphatic carbocycles. The Bertz CT molecular complexity index is 483. The van der Waals surface area contributed by atoms with Gasteiger partial charge in [0.2, 0.25) is 0 Å². The highest BCUT2D eigenvalue weighted by Gasteiger charge is 2.25. The van der Waals surface area contributed by atoms with Gasteiger partial charge in [-0.1, -0.05) is 12.5 Å². The van der Waals surface area contributed by atoms with Gasteiger partial charge in [0.15, 0.2) is 11.5 Å². The lowest BCUT2D eigenvalue weighted by Gasteiger charge is -2.38. The highest BCUT2D eigenvalue weighted by molar-refractivity contribution is 5.43. The molecule has 0 radical (unpaired) electrons. The zero-order valence-electron chi connectivity index (χ0n) is 13.1. The Hall–Kier alpha value is -1.40. The highest BCUT2D eigenvalue weighted by Crippen LogP contribution is 2.31. The number of methoxy groups -OCH3 is 1. The van der Waals surface area contributed by atoms with Gasteiger partial charge in [-0.05, 0) is 44.0 Å². The first-order chi connectivity index (χ1) is 10.5. The van der Waals surface area contributed by atoms with Gasteiger partial charge in [0.05, 0.1) is 7.11 Å². The Balaban J connectivity index is 2.14. The third-order valence-corrected chi connectivity index (χ3v) is 4.10. The molecule has 0 bridgehead atoms. The maximum Gasteiger partial charge on any atom is 0.387 e. The molecule has 2 N–H and O–H groups in total. The molecular weight excluding hydrogens is 290 g/mol. The number of hydrogen-bond donors (Lipinski definition) is 1. The SMILES string of the molecule is COc1ccc(CN2CCCCC2C(C)N)cc1OC(F)F. The van der Waals surface area contributed by atoms with Crippen LogP contribution in [0, 0.1) is 0 Å². The number of nitrogens with zero attached hydrogens (tertiary/aromatic N) is 1. The number of alkyl halides is 2. The molecule has 0 saturated carbocycles. The van der Waals surface area contributed by atoms with Crippen molar-refractivity contribution in [1.29, 1.82) is 0 Å². The van der Waals surface area contributed by atoms with Gasteiger partial charge in [-0.3, -0.25) is 4.90 Å². The fraction of sp³-hybridized carbons (Fsp3) is 0.625. The number of rotatable bonds is 6. The molecule has 22 heavy (non-hydrogen) atoms. The summed E-state index contributed by atoms with van der Waals surface area (Å²) in [6.45, 7) is 0.803. The molecule has 1 aromatic rings. The number of piperidine rings is 1. The van der Waals surface area contributed by atoms with Crippen LogP contribution in [0.15, 0.2) is 18.2 Å². The second kappa shape index (κ2) is 7.74. The van der Waals surface area contributed by atoms with Crippen LogP contribution in [0.25, 0.3) is 0 Å². The lowest BCUT2D eigenvalue weighted by molar-refractivity contribution is -0.0512. The van der Waals surface area contributed by atoms with Crippen LogP contribution in [0.5, 0.6) is 11.5 Å². The Morgan fingerprint density at radius 2 is 2.09 bits per heavy atom. The summed E-state index contributed by atoms with van der Waals surface area (Å²) in [4.78, 5) is 2.32. The van der Waals surface area contributed by atoms with E-state index in [0.29, 0.717) is 18.3 Å². The van der Waals surface area contributed by atoms with Gasteiger partial charge in [-0.2, -0.15) is 8.78 Å². The Morgan fingerprint density at radius 3 is 2.73 bits per heavy atom. The van der Waals surface area contributed by atoms with E-state index in [1.54, 1.807) is 12.1 Å². The van der Waals surface area contributed by atoms with E-state index in [9.17, 15) is 8.78 Å². The minimum Gasteiger partial charge on any atom is -0.493 e. The van der Waals surface area contributed by atoms with Crippen molar-refractivity contribution in [2.75, 3.05) is 13.7 Å². The Kier molecular flexibility index (Phi) is 5.97. The molecule has 4 nitrogen and oxygen atoms in total. The molecule has 1 aromatic carbocycles. The molecule has 124 valence electrons. The van der Waals surface area contributed by atoms with Crippen LogP contribution in [0.4, 0.5) is 8.78 Å². The van der Waals surface area contributed by atoms with Crippen LogP contribution < -0.4 is 15.2 Å². The zero-order chi connectivity index (χ0) is 16.1. The van der Waals surface area contributed by atoms with Gasteiger partial charge in [0, 0.05) is 18.6 Å². The number of benzene rings is 1. The number of halogens is 2. The monoisotopic (exact) mass is 314 g/mol. The summed E-state index contributed by atoms with van der Waals surface area (Å²) in [6.07, 6.45) is 3.40. The highest BCUT2D eigenvalue weighted by atomic mass is 19.3. The number of likely N-dealkylation sites (tertiary alicyclic amines) is 1. The molecule has 1 heterocycles. The van der Waals surface area contributed by atoms with Crippen LogP contribution in [0.2, 0.25) is 0 Å². The van der Waals surface area contributed by atoms with E-state index in [1.807, 2.05) is 13.0 Å². The fourth-order valence-corrected chi connectivity index (χ4v) is 3.05. The largest absolute Gasteiger partial charge is 0.493 e. The summed E-state index contributed by atoms with van der Waals surface area (Å²) in [7, 11) is 1.43. The summed E-state index contributed by atoms with van der Waals surface area (Å²) in [5, 5.41) is 0. The van der Waals surface area contributed by atoms with Crippen LogP contribution >= 0.6 is 0 Å². The predicted molar refractivity (Wildman–Crippen MR) is 81.3 cm³/mol. The van der Waals surface area contributed by atoms with Crippen molar-refractivity contribution < 1.29 is 18.3 Å². The third kappa shape index (κ3) is 4.30. The van der Waals surface area contributed by atoms with Gasteiger partial charge in [-0.15, -0.1) is 0 Å². The van der Waals surface area contributed by atoms with Crippen molar-refractivity contribution in [3.8, 4) is 11.5 Å². The van der Waals surface area contributed by atoms with Gasteiger partial charge in [0.25, 0.3) is 0 Å². The Labute approximate surface area is 130 Å². The molecule has 0 aromatic heterocycles. The molecule has 1 aliphatic rings. The van der Waals surface area contributed by atoms with Crippen LogP contribution in [0.1, 0.15) is 31.7 Å². The fourth-order valence-electron chi connectivity index (χ4n) is 3.05. The molecule has 2 rings (SSSR count). The molecular formula is C16H24F2N2O2. The molecule has 2 unspecified atom stereocenters. The van der Waals surface area contributed by atoms with Gasteiger partial charge >= 0.3 is 6.61 Å². The van der Waals surface area contributed by atoms with Crippen LogP contribution in [-0.4, -0.2) is 37.2 Å². The lowest BCUT2D eigenvalue weighted by atomic mass is 9.96. The molecule has 6 heteroatoms. The predicted octanol–water partition coefficient (Wildman–Crippen LogP) is 3.00. The van der Waals surface area contributed by atoms with Crippen molar-refractivity contribution in [2.24, 2.45) is 5.73 Å². The van der Waals surface area contributed by atoms with E-state index in [-0.39, 0.29) is 11.8 Å². The van der Waals surface area contributed by atoms with E-state index in [4.69, 9.17) is 10.5 Å². The summed E-state index contributed by atoms with van der Waals surface area (Å²) >= 11 is 0. The van der Waals surface area contributed by atoms with Gasteiger partial charge in [0.1, 0.15) is 0 Å². The number of hydrogen-bond acceptors (Lipinski definition) is 4. The summed E-state index contributed by atoms with van der Waals surface area (Å²) in [5.41, 5.74) is 6.99. The van der Waals surface area contributed by atoms with E-state index >= 15 is 0 Å². The first kappa shape index (κ1) is 17.0. The minimum atomic E-state index is -2.86. The van der Waals surface area contributed by atoms with E-state index < -0.39 is 6.61 Å². The molecule has 2 atom stereocenters. The van der Waals surface area contributed by atoms with Crippen molar-refractivity contribution in [1.82, 2.24) is 4.90 Å². The summed E-state index contributed by atoms with van der Waals surface area (Å²) < 4.78 is 34.6. The van der Waals surface area contributed by atoms with E-state index in [1.165, 1.54) is 13.5 Å². The topological polar surface area (TPSA) is 47.7 Å². The summed E-state index contributed by atoms with van der Waals surface area (Å²) in [5.74, 6) is 0.385. The van der Waals surface area contributed by atoms with Crippen molar-refractivity contribution in [2.45, 2.75) is 51.4 Å². The minimum absolute atomic E-state index is 0.0735. The van der Waals surface area contributed by atoms with Crippen LogP contribution in [0.3, 0.4) is 0 Å². The second-order valence-corrected chi connectivity index (χ2v) is 5.76. The average Bonchev–Trinajstić information content (AvgIpc) is 2.47. The van der Waals surface area contributed by atoms with Crippen molar-refractivity contribution in [3.63, 3.8) is 0 Å².